The van der Waals surface area contributed by atoms with E-state index in [1.165, 1.54) is 4.68 Å². The van der Waals surface area contributed by atoms with Crippen molar-refractivity contribution < 1.29 is 13.2 Å². The maximum absolute atomic E-state index is 12.9. The highest BCUT2D eigenvalue weighted by atomic mass is 79.9. The van der Waals surface area contributed by atoms with Gasteiger partial charge in [0.25, 0.3) is 0 Å². The van der Waals surface area contributed by atoms with Gasteiger partial charge in [-0.3, -0.25) is 4.68 Å². The van der Waals surface area contributed by atoms with Crippen molar-refractivity contribution in [3.05, 3.63) is 28.1 Å². The third-order valence-corrected chi connectivity index (χ3v) is 4.08. The minimum Gasteiger partial charge on any atom is -0.369 e. The van der Waals surface area contributed by atoms with E-state index >= 15 is 0 Å². The number of hydrogen-bond donors (Lipinski definition) is 1. The zero-order valence-electron chi connectivity index (χ0n) is 10.4. The standard InChI is InChI=1S/C11H11BrF3N5/c1-19-6(3-5-17-19)7-2-4-16-10-8(12)9(11(13,14)15)18-20(7)10/h3,5,7,16H,2,4H2,1H3. The first kappa shape index (κ1) is 13.5. The molecule has 2 aromatic rings. The van der Waals surface area contributed by atoms with E-state index in [9.17, 15) is 13.2 Å². The van der Waals surface area contributed by atoms with Crippen LogP contribution in [0.15, 0.2) is 16.7 Å². The van der Waals surface area contributed by atoms with Gasteiger partial charge in [-0.2, -0.15) is 23.4 Å². The molecule has 0 saturated heterocycles. The number of hydrogen-bond acceptors (Lipinski definition) is 3. The quantitative estimate of drug-likeness (QED) is 0.861. The lowest BCUT2D eigenvalue weighted by Gasteiger charge is -2.25. The maximum atomic E-state index is 12.9. The van der Waals surface area contributed by atoms with Gasteiger partial charge < -0.3 is 5.32 Å². The molecular weight excluding hydrogens is 339 g/mol. The Kier molecular flexibility index (Phi) is 3.03. The van der Waals surface area contributed by atoms with Gasteiger partial charge in [-0.25, -0.2) is 4.68 Å². The second-order valence-corrected chi connectivity index (χ2v) is 5.36. The van der Waals surface area contributed by atoms with Gasteiger partial charge in [-0.1, -0.05) is 0 Å². The minimum atomic E-state index is -4.48. The molecule has 0 saturated carbocycles. The number of fused-ring (bicyclic) bond motifs is 1. The number of aryl methyl sites for hydroxylation is 1. The van der Waals surface area contributed by atoms with Crippen LogP contribution < -0.4 is 5.32 Å². The molecule has 0 radical (unpaired) electrons. The van der Waals surface area contributed by atoms with Crippen LogP contribution in [0.3, 0.4) is 0 Å². The van der Waals surface area contributed by atoms with E-state index in [-0.39, 0.29) is 10.5 Å². The molecule has 0 fully saturated rings. The van der Waals surface area contributed by atoms with Crippen molar-refractivity contribution in [3.8, 4) is 0 Å². The maximum Gasteiger partial charge on any atom is 0.436 e. The Morgan fingerprint density at radius 2 is 2.20 bits per heavy atom. The molecule has 0 amide bonds. The Morgan fingerprint density at radius 1 is 1.45 bits per heavy atom. The monoisotopic (exact) mass is 349 g/mol. The zero-order chi connectivity index (χ0) is 14.5. The second kappa shape index (κ2) is 4.51. The van der Waals surface area contributed by atoms with Crippen LogP contribution in [-0.2, 0) is 13.2 Å². The van der Waals surface area contributed by atoms with Crippen molar-refractivity contribution in [2.75, 3.05) is 11.9 Å². The van der Waals surface area contributed by atoms with Gasteiger partial charge in [0.05, 0.1) is 16.2 Å². The van der Waals surface area contributed by atoms with Crippen LogP contribution in [0, 0.1) is 0 Å². The second-order valence-electron chi connectivity index (χ2n) is 4.56. The average molecular weight is 350 g/mol. The summed E-state index contributed by atoms with van der Waals surface area (Å²) >= 11 is 2.99. The summed E-state index contributed by atoms with van der Waals surface area (Å²) in [5.74, 6) is 0.356. The molecule has 3 heterocycles. The third-order valence-electron chi connectivity index (χ3n) is 3.33. The predicted octanol–water partition coefficient (Wildman–Crippen LogP) is 2.80. The van der Waals surface area contributed by atoms with Gasteiger partial charge >= 0.3 is 6.18 Å². The van der Waals surface area contributed by atoms with E-state index < -0.39 is 11.9 Å². The highest BCUT2D eigenvalue weighted by Crippen LogP contribution is 2.41. The molecule has 1 aliphatic heterocycles. The number of alkyl halides is 3. The molecule has 1 N–H and O–H groups in total. The van der Waals surface area contributed by atoms with Crippen molar-refractivity contribution in [3.63, 3.8) is 0 Å². The van der Waals surface area contributed by atoms with Crippen LogP contribution in [-0.4, -0.2) is 26.1 Å². The summed E-state index contributed by atoms with van der Waals surface area (Å²) in [7, 11) is 1.76. The largest absolute Gasteiger partial charge is 0.436 e. The molecule has 0 spiro atoms. The lowest BCUT2D eigenvalue weighted by atomic mass is 10.1. The summed E-state index contributed by atoms with van der Waals surface area (Å²) in [6, 6.07) is 1.54. The molecule has 0 aliphatic carbocycles. The van der Waals surface area contributed by atoms with E-state index in [0.29, 0.717) is 18.8 Å². The molecule has 2 aromatic heterocycles. The van der Waals surface area contributed by atoms with E-state index in [1.807, 2.05) is 0 Å². The van der Waals surface area contributed by atoms with Crippen molar-refractivity contribution in [2.24, 2.45) is 7.05 Å². The summed E-state index contributed by atoms with van der Waals surface area (Å²) in [5, 5.41) is 10.8. The molecule has 3 rings (SSSR count). The van der Waals surface area contributed by atoms with Gasteiger partial charge in [0.15, 0.2) is 5.69 Å². The Balaban J connectivity index is 2.12. The molecule has 108 valence electrons. The Hall–Kier alpha value is -1.51. The molecular formula is C11H11BrF3N5. The van der Waals surface area contributed by atoms with Gasteiger partial charge in [-0.05, 0) is 28.4 Å². The highest BCUT2D eigenvalue weighted by molar-refractivity contribution is 9.10. The van der Waals surface area contributed by atoms with Gasteiger partial charge in [0, 0.05) is 19.8 Å². The summed E-state index contributed by atoms with van der Waals surface area (Å²) < 4.78 is 41.8. The van der Waals surface area contributed by atoms with Gasteiger partial charge in [-0.15, -0.1) is 0 Å². The van der Waals surface area contributed by atoms with Crippen LogP contribution in [0.4, 0.5) is 19.0 Å². The average Bonchev–Trinajstić information content (AvgIpc) is 2.93. The topological polar surface area (TPSA) is 47.7 Å². The smallest absolute Gasteiger partial charge is 0.369 e. The van der Waals surface area contributed by atoms with E-state index in [1.54, 1.807) is 24.0 Å². The van der Waals surface area contributed by atoms with E-state index in [4.69, 9.17) is 0 Å². The molecule has 1 aliphatic rings. The fourth-order valence-electron chi connectivity index (χ4n) is 2.41. The zero-order valence-corrected chi connectivity index (χ0v) is 12.0. The Labute approximate surface area is 120 Å². The molecule has 0 aromatic carbocycles. The summed E-state index contributed by atoms with van der Waals surface area (Å²) in [4.78, 5) is 0. The SMILES string of the molecule is Cn1nccc1C1CCNc2c(Br)c(C(F)(F)F)nn21. The van der Waals surface area contributed by atoms with Crippen molar-refractivity contribution in [1.29, 1.82) is 0 Å². The van der Waals surface area contributed by atoms with Gasteiger partial charge in [0.2, 0.25) is 0 Å². The molecule has 1 atom stereocenters. The first-order valence-electron chi connectivity index (χ1n) is 5.96. The summed E-state index contributed by atoms with van der Waals surface area (Å²) in [6.45, 7) is 0.581. The Bertz CT molecular complexity index is 645. The van der Waals surface area contributed by atoms with E-state index in [2.05, 4.69) is 31.4 Å². The number of nitrogens with one attached hydrogen (secondary N) is 1. The van der Waals surface area contributed by atoms with Crippen LogP contribution in [0.1, 0.15) is 23.9 Å². The lowest BCUT2D eigenvalue weighted by Crippen LogP contribution is -2.26. The molecule has 20 heavy (non-hydrogen) atoms. The molecule has 0 bridgehead atoms. The number of halogens is 4. The lowest BCUT2D eigenvalue weighted by molar-refractivity contribution is -0.142. The van der Waals surface area contributed by atoms with Crippen molar-refractivity contribution in [2.45, 2.75) is 18.6 Å². The first-order chi connectivity index (χ1) is 9.39. The van der Waals surface area contributed by atoms with Crippen LogP contribution in [0.2, 0.25) is 0 Å². The third kappa shape index (κ3) is 2.00. The molecule has 1 unspecified atom stereocenters. The van der Waals surface area contributed by atoms with Gasteiger partial charge in [0.1, 0.15) is 5.82 Å². The summed E-state index contributed by atoms with van der Waals surface area (Å²) in [5.41, 5.74) is -0.0782. The number of nitrogens with zero attached hydrogens (tertiary/aromatic N) is 4. The highest BCUT2D eigenvalue weighted by Gasteiger charge is 2.40. The van der Waals surface area contributed by atoms with Crippen molar-refractivity contribution >= 4 is 21.7 Å². The molecule has 9 heteroatoms. The normalized spacial score (nSPS) is 18.8. The number of anilines is 1. The fourth-order valence-corrected chi connectivity index (χ4v) is 3.04. The predicted molar refractivity (Wildman–Crippen MR) is 69.4 cm³/mol. The van der Waals surface area contributed by atoms with Crippen LogP contribution >= 0.6 is 15.9 Å². The van der Waals surface area contributed by atoms with Crippen molar-refractivity contribution in [1.82, 2.24) is 19.6 Å². The number of aromatic nitrogens is 4. The summed E-state index contributed by atoms with van der Waals surface area (Å²) in [6.07, 6.45) is -2.21. The first-order valence-corrected chi connectivity index (χ1v) is 6.76. The van der Waals surface area contributed by atoms with Crippen LogP contribution in [0.25, 0.3) is 0 Å². The molecule has 5 nitrogen and oxygen atoms in total. The Morgan fingerprint density at radius 3 is 2.80 bits per heavy atom. The fraction of sp³-hybridized carbons (Fsp3) is 0.455. The number of rotatable bonds is 1. The van der Waals surface area contributed by atoms with Crippen LogP contribution in [0.5, 0.6) is 0 Å². The van der Waals surface area contributed by atoms with E-state index in [0.717, 1.165) is 5.69 Å². The minimum absolute atomic E-state index is 0.0446.